The first-order valence-corrected chi connectivity index (χ1v) is 3.35. The summed E-state index contributed by atoms with van der Waals surface area (Å²) in [7, 11) is 0. The maximum absolute atomic E-state index is 13.2. The van der Waals surface area contributed by atoms with Crippen LogP contribution in [0.1, 0.15) is 12.8 Å². The van der Waals surface area contributed by atoms with Crippen LogP contribution in [-0.2, 0) is 4.79 Å². The van der Waals surface area contributed by atoms with Crippen molar-refractivity contribution < 1.29 is 9.18 Å². The number of piperidine rings is 1. The molecular formula is C6H11FN2O. The zero-order valence-electron chi connectivity index (χ0n) is 5.69. The van der Waals surface area contributed by atoms with Crippen LogP contribution >= 0.6 is 0 Å². The molecule has 0 aliphatic carbocycles. The third-order valence-corrected chi connectivity index (χ3v) is 1.84. The van der Waals surface area contributed by atoms with Crippen LogP contribution in [0.15, 0.2) is 0 Å². The SMILES string of the molecule is NC(=O)C1(F)CCNCC1. The Balaban J connectivity index is 2.56. The number of halogens is 1. The lowest BCUT2D eigenvalue weighted by molar-refractivity contribution is -0.131. The maximum atomic E-state index is 13.2. The number of primary amides is 1. The minimum atomic E-state index is -1.74. The van der Waals surface area contributed by atoms with E-state index in [1.54, 1.807) is 0 Å². The molecule has 1 rings (SSSR count). The van der Waals surface area contributed by atoms with Crippen molar-refractivity contribution in [2.45, 2.75) is 18.5 Å². The second-order valence-electron chi connectivity index (χ2n) is 2.58. The molecule has 0 aromatic heterocycles. The summed E-state index contributed by atoms with van der Waals surface area (Å²) in [6.07, 6.45) is 0.421. The van der Waals surface area contributed by atoms with Crippen molar-refractivity contribution >= 4 is 5.91 Å². The summed E-state index contributed by atoms with van der Waals surface area (Å²) in [6.45, 7) is 1.08. The van der Waals surface area contributed by atoms with Crippen molar-refractivity contribution in [3.05, 3.63) is 0 Å². The van der Waals surface area contributed by atoms with E-state index >= 15 is 0 Å². The molecule has 3 nitrogen and oxygen atoms in total. The number of amides is 1. The van der Waals surface area contributed by atoms with Gasteiger partial charge in [-0.05, 0) is 13.1 Å². The Kier molecular flexibility index (Phi) is 1.89. The van der Waals surface area contributed by atoms with Gasteiger partial charge in [-0.3, -0.25) is 4.79 Å². The van der Waals surface area contributed by atoms with E-state index in [9.17, 15) is 9.18 Å². The molecule has 1 saturated heterocycles. The Bertz CT molecular complexity index is 143. The first-order chi connectivity index (χ1) is 4.65. The number of hydrogen-bond donors (Lipinski definition) is 2. The van der Waals surface area contributed by atoms with E-state index in [4.69, 9.17) is 5.73 Å². The van der Waals surface area contributed by atoms with Gasteiger partial charge in [-0.25, -0.2) is 4.39 Å². The quantitative estimate of drug-likeness (QED) is 0.527. The molecule has 0 saturated carbocycles. The fourth-order valence-corrected chi connectivity index (χ4v) is 1.07. The third-order valence-electron chi connectivity index (χ3n) is 1.84. The number of alkyl halides is 1. The van der Waals surface area contributed by atoms with Gasteiger partial charge in [0.05, 0.1) is 0 Å². The number of nitrogens with one attached hydrogen (secondary N) is 1. The van der Waals surface area contributed by atoms with Crippen molar-refractivity contribution in [1.29, 1.82) is 0 Å². The zero-order chi connectivity index (χ0) is 7.61. The summed E-state index contributed by atoms with van der Waals surface area (Å²) in [5.41, 5.74) is 3.11. The lowest BCUT2D eigenvalue weighted by Gasteiger charge is -2.26. The van der Waals surface area contributed by atoms with Crippen molar-refractivity contribution in [2.75, 3.05) is 13.1 Å². The van der Waals surface area contributed by atoms with Crippen molar-refractivity contribution in [2.24, 2.45) is 5.73 Å². The summed E-state index contributed by atoms with van der Waals surface area (Å²) < 4.78 is 13.2. The normalized spacial score (nSPS) is 24.1. The van der Waals surface area contributed by atoms with E-state index < -0.39 is 11.6 Å². The number of carbonyl (C=O) groups is 1. The minimum absolute atomic E-state index is 0.211. The molecule has 0 bridgehead atoms. The molecule has 1 fully saturated rings. The number of rotatable bonds is 1. The third kappa shape index (κ3) is 1.26. The number of hydrogen-bond acceptors (Lipinski definition) is 2. The predicted octanol–water partition coefficient (Wildman–Crippen LogP) is -0.437. The molecule has 1 amide bonds. The van der Waals surface area contributed by atoms with Gasteiger partial charge >= 0.3 is 0 Å². The molecule has 0 spiro atoms. The van der Waals surface area contributed by atoms with Crippen LogP contribution in [0.25, 0.3) is 0 Å². The Labute approximate surface area is 58.8 Å². The van der Waals surface area contributed by atoms with Crippen molar-refractivity contribution in [3.63, 3.8) is 0 Å². The Morgan fingerprint density at radius 1 is 1.50 bits per heavy atom. The summed E-state index contributed by atoms with van der Waals surface area (Å²) >= 11 is 0. The number of nitrogens with two attached hydrogens (primary N) is 1. The summed E-state index contributed by atoms with van der Waals surface area (Å²) in [4.78, 5) is 10.5. The molecule has 58 valence electrons. The van der Waals surface area contributed by atoms with Gasteiger partial charge in [0.1, 0.15) is 0 Å². The van der Waals surface area contributed by atoms with Gasteiger partial charge in [0.2, 0.25) is 0 Å². The smallest absolute Gasteiger partial charge is 0.255 e. The second kappa shape index (κ2) is 2.54. The summed E-state index contributed by atoms with van der Waals surface area (Å²) in [5, 5.41) is 2.95. The van der Waals surface area contributed by atoms with E-state index in [1.165, 1.54) is 0 Å². The largest absolute Gasteiger partial charge is 0.367 e. The fraction of sp³-hybridized carbons (Fsp3) is 0.833. The molecule has 10 heavy (non-hydrogen) atoms. The lowest BCUT2D eigenvalue weighted by atomic mass is 9.94. The van der Waals surface area contributed by atoms with Gasteiger partial charge in [-0.2, -0.15) is 0 Å². The molecule has 0 aromatic rings. The van der Waals surface area contributed by atoms with Gasteiger partial charge in [-0.15, -0.1) is 0 Å². The molecule has 0 aromatic carbocycles. The lowest BCUT2D eigenvalue weighted by Crippen LogP contribution is -2.47. The Morgan fingerprint density at radius 2 is 2.00 bits per heavy atom. The molecule has 4 heteroatoms. The zero-order valence-corrected chi connectivity index (χ0v) is 5.69. The minimum Gasteiger partial charge on any atom is -0.367 e. The van der Waals surface area contributed by atoms with Gasteiger partial charge in [0.25, 0.3) is 5.91 Å². The van der Waals surface area contributed by atoms with E-state index in [1.807, 2.05) is 0 Å². The molecule has 3 N–H and O–H groups in total. The van der Waals surface area contributed by atoms with Gasteiger partial charge in [0.15, 0.2) is 5.67 Å². The van der Waals surface area contributed by atoms with Crippen LogP contribution < -0.4 is 11.1 Å². The van der Waals surface area contributed by atoms with Crippen LogP contribution in [0.4, 0.5) is 4.39 Å². The molecule has 1 heterocycles. The standard InChI is InChI=1S/C6H11FN2O/c7-6(5(8)10)1-3-9-4-2-6/h9H,1-4H2,(H2,8,10). The van der Waals surface area contributed by atoms with Crippen LogP contribution in [-0.4, -0.2) is 24.7 Å². The highest BCUT2D eigenvalue weighted by atomic mass is 19.1. The van der Waals surface area contributed by atoms with Crippen molar-refractivity contribution in [1.82, 2.24) is 5.32 Å². The maximum Gasteiger partial charge on any atom is 0.255 e. The summed E-state index contributed by atoms with van der Waals surface area (Å²) in [6, 6.07) is 0. The predicted molar refractivity (Wildman–Crippen MR) is 35.1 cm³/mol. The highest BCUT2D eigenvalue weighted by Gasteiger charge is 2.37. The first kappa shape index (κ1) is 7.47. The Morgan fingerprint density at radius 3 is 2.30 bits per heavy atom. The van der Waals surface area contributed by atoms with E-state index in [0.717, 1.165) is 0 Å². The molecule has 0 unspecified atom stereocenters. The molecule has 1 aliphatic rings. The van der Waals surface area contributed by atoms with Crippen LogP contribution in [0.5, 0.6) is 0 Å². The molecule has 0 atom stereocenters. The summed E-state index contributed by atoms with van der Waals surface area (Å²) in [5.74, 6) is -0.825. The van der Waals surface area contributed by atoms with Crippen LogP contribution in [0.2, 0.25) is 0 Å². The molecular weight excluding hydrogens is 135 g/mol. The van der Waals surface area contributed by atoms with Gasteiger partial charge in [-0.1, -0.05) is 0 Å². The fourth-order valence-electron chi connectivity index (χ4n) is 1.07. The van der Waals surface area contributed by atoms with Gasteiger partial charge in [0, 0.05) is 12.8 Å². The average Bonchev–Trinajstić information content (AvgIpc) is 1.89. The topological polar surface area (TPSA) is 55.1 Å². The average molecular weight is 146 g/mol. The highest BCUT2D eigenvalue weighted by molar-refractivity contribution is 5.83. The van der Waals surface area contributed by atoms with E-state index in [2.05, 4.69) is 5.32 Å². The van der Waals surface area contributed by atoms with E-state index in [0.29, 0.717) is 13.1 Å². The second-order valence-corrected chi connectivity index (χ2v) is 2.58. The van der Waals surface area contributed by atoms with Crippen LogP contribution in [0.3, 0.4) is 0 Å². The first-order valence-electron chi connectivity index (χ1n) is 3.35. The molecule has 1 aliphatic heterocycles. The number of carbonyl (C=O) groups excluding carboxylic acids is 1. The highest BCUT2D eigenvalue weighted by Crippen LogP contribution is 2.21. The van der Waals surface area contributed by atoms with E-state index in [-0.39, 0.29) is 12.8 Å². The van der Waals surface area contributed by atoms with Gasteiger partial charge < -0.3 is 11.1 Å². The molecule has 0 radical (unpaired) electrons. The monoisotopic (exact) mass is 146 g/mol. The Hall–Kier alpha value is -0.640. The van der Waals surface area contributed by atoms with Crippen LogP contribution in [0, 0.1) is 0 Å². The van der Waals surface area contributed by atoms with Crippen molar-refractivity contribution in [3.8, 4) is 0 Å².